The highest BCUT2D eigenvalue weighted by atomic mass is 16.6. The molecule has 0 aliphatic carbocycles. The molecule has 29 heavy (non-hydrogen) atoms. The van der Waals surface area contributed by atoms with Crippen LogP contribution in [0, 0.1) is 20.2 Å². The van der Waals surface area contributed by atoms with Crippen LogP contribution < -0.4 is 5.32 Å². The van der Waals surface area contributed by atoms with Crippen LogP contribution in [0.25, 0.3) is 0 Å². The van der Waals surface area contributed by atoms with Crippen molar-refractivity contribution >= 4 is 28.8 Å². The average molecular weight is 391 g/mol. The number of nitrogens with zero attached hydrogens (tertiary/aromatic N) is 2. The van der Waals surface area contributed by atoms with Gasteiger partial charge >= 0.3 is 0 Å². The number of nitrogens with one attached hydrogen (secondary N) is 1. The fourth-order valence-electron chi connectivity index (χ4n) is 2.60. The third-order valence-corrected chi connectivity index (χ3v) is 4.03. The molecule has 0 heterocycles. The molecule has 1 N–H and O–H groups in total. The van der Waals surface area contributed by atoms with Gasteiger partial charge in [0.2, 0.25) is 0 Å². The molecule has 0 saturated heterocycles. The zero-order chi connectivity index (χ0) is 21.0. The van der Waals surface area contributed by atoms with Gasteiger partial charge in [-0.25, -0.2) is 0 Å². The van der Waals surface area contributed by atoms with Gasteiger partial charge in [-0.2, -0.15) is 0 Å². The van der Waals surface area contributed by atoms with Gasteiger partial charge in [0.25, 0.3) is 17.3 Å². The number of ketones is 1. The third kappa shape index (κ3) is 4.48. The first kappa shape index (κ1) is 19.4. The molecule has 0 atom stereocenters. The summed E-state index contributed by atoms with van der Waals surface area (Å²) >= 11 is 0. The van der Waals surface area contributed by atoms with Crippen LogP contribution >= 0.6 is 0 Å². The Morgan fingerprint density at radius 2 is 1.21 bits per heavy atom. The lowest BCUT2D eigenvalue weighted by molar-refractivity contribution is -0.394. The smallest absolute Gasteiger partial charge is 0.277 e. The van der Waals surface area contributed by atoms with Crippen molar-refractivity contribution in [3.05, 3.63) is 110 Å². The van der Waals surface area contributed by atoms with E-state index in [9.17, 15) is 29.8 Å². The molecule has 0 fully saturated rings. The van der Waals surface area contributed by atoms with Crippen molar-refractivity contribution in [3.63, 3.8) is 0 Å². The first-order valence-corrected chi connectivity index (χ1v) is 8.30. The fourth-order valence-corrected chi connectivity index (χ4v) is 2.60. The minimum Gasteiger partial charge on any atom is -0.322 e. The summed E-state index contributed by atoms with van der Waals surface area (Å²) < 4.78 is 0. The summed E-state index contributed by atoms with van der Waals surface area (Å²) in [5.41, 5.74) is -0.0844. The van der Waals surface area contributed by atoms with E-state index in [4.69, 9.17) is 0 Å². The number of anilines is 1. The summed E-state index contributed by atoms with van der Waals surface area (Å²) in [6.45, 7) is 0. The minimum absolute atomic E-state index is 0.183. The number of hydrogen-bond acceptors (Lipinski definition) is 6. The second kappa shape index (κ2) is 8.09. The third-order valence-electron chi connectivity index (χ3n) is 4.03. The number of carbonyl (C=O) groups excluding carboxylic acids is 2. The Labute approximate surface area is 163 Å². The number of non-ortho nitro benzene ring substituents is 2. The van der Waals surface area contributed by atoms with Gasteiger partial charge in [-0.15, -0.1) is 0 Å². The number of hydrogen-bond donors (Lipinski definition) is 1. The SMILES string of the molecule is O=C(Nc1ccc(C(=O)c2ccccc2)cc1)c1cc([N+](=O)[O-])cc([N+](=O)[O-])c1. The van der Waals surface area contributed by atoms with Crippen LogP contribution in [-0.2, 0) is 0 Å². The molecule has 0 aliphatic rings. The average Bonchev–Trinajstić information content (AvgIpc) is 2.74. The summed E-state index contributed by atoms with van der Waals surface area (Å²) in [6.07, 6.45) is 0. The van der Waals surface area contributed by atoms with E-state index in [1.54, 1.807) is 30.3 Å². The lowest BCUT2D eigenvalue weighted by Gasteiger charge is -2.07. The highest BCUT2D eigenvalue weighted by Gasteiger charge is 2.20. The van der Waals surface area contributed by atoms with E-state index >= 15 is 0 Å². The maximum atomic E-state index is 12.4. The van der Waals surface area contributed by atoms with Crippen molar-refractivity contribution in [2.75, 3.05) is 5.32 Å². The lowest BCUT2D eigenvalue weighted by atomic mass is 10.0. The Bertz CT molecular complexity index is 1080. The van der Waals surface area contributed by atoms with Crippen LogP contribution in [0.15, 0.2) is 72.8 Å². The molecule has 0 radical (unpaired) electrons. The molecule has 3 aromatic carbocycles. The standard InChI is InChI=1S/C20H13N3O6/c24-19(13-4-2-1-3-5-13)14-6-8-16(9-7-14)21-20(25)15-10-17(22(26)27)12-18(11-15)23(28)29/h1-12H,(H,21,25). The molecular formula is C20H13N3O6. The van der Waals surface area contributed by atoms with Gasteiger partial charge in [0.1, 0.15) is 0 Å². The van der Waals surface area contributed by atoms with Crippen LogP contribution in [-0.4, -0.2) is 21.5 Å². The first-order valence-electron chi connectivity index (χ1n) is 8.30. The van der Waals surface area contributed by atoms with E-state index in [1.807, 2.05) is 0 Å². The fraction of sp³-hybridized carbons (Fsp3) is 0. The van der Waals surface area contributed by atoms with Crippen molar-refractivity contribution < 1.29 is 19.4 Å². The van der Waals surface area contributed by atoms with Gasteiger partial charge in [-0.3, -0.25) is 29.8 Å². The van der Waals surface area contributed by atoms with Crippen LogP contribution in [0.4, 0.5) is 17.1 Å². The maximum Gasteiger partial charge on any atom is 0.277 e. The predicted octanol–water partition coefficient (Wildman–Crippen LogP) is 3.99. The molecule has 1 amide bonds. The minimum atomic E-state index is -0.812. The second-order valence-corrected chi connectivity index (χ2v) is 5.98. The summed E-state index contributed by atoms with van der Waals surface area (Å²) in [7, 11) is 0. The van der Waals surface area contributed by atoms with E-state index in [0.29, 0.717) is 16.8 Å². The van der Waals surface area contributed by atoms with Crippen molar-refractivity contribution in [3.8, 4) is 0 Å². The molecule has 0 unspecified atom stereocenters. The summed E-state index contributed by atoms with van der Waals surface area (Å²) in [4.78, 5) is 45.0. The monoisotopic (exact) mass is 391 g/mol. The number of carbonyl (C=O) groups is 2. The predicted molar refractivity (Wildman–Crippen MR) is 104 cm³/mol. The Morgan fingerprint density at radius 3 is 1.72 bits per heavy atom. The molecular weight excluding hydrogens is 378 g/mol. The molecule has 9 heteroatoms. The summed E-state index contributed by atoms with van der Waals surface area (Å²) in [5, 5.41) is 24.4. The van der Waals surface area contributed by atoms with Gasteiger partial charge in [0, 0.05) is 28.9 Å². The van der Waals surface area contributed by atoms with Crippen molar-refractivity contribution in [2.24, 2.45) is 0 Å². The molecule has 0 saturated carbocycles. The summed E-state index contributed by atoms with van der Waals surface area (Å²) in [5.74, 6) is -0.934. The molecule has 9 nitrogen and oxygen atoms in total. The number of nitro benzene ring substituents is 2. The molecule has 0 spiro atoms. The zero-order valence-corrected chi connectivity index (χ0v) is 14.8. The Morgan fingerprint density at radius 1 is 0.690 bits per heavy atom. The van der Waals surface area contributed by atoms with Crippen molar-refractivity contribution in [2.45, 2.75) is 0 Å². The number of rotatable bonds is 6. The number of amides is 1. The molecule has 0 aliphatic heterocycles. The van der Waals surface area contributed by atoms with Gasteiger partial charge < -0.3 is 5.32 Å². The van der Waals surface area contributed by atoms with E-state index in [2.05, 4.69) is 5.32 Å². The Balaban J connectivity index is 1.80. The van der Waals surface area contributed by atoms with Crippen molar-refractivity contribution in [1.29, 1.82) is 0 Å². The zero-order valence-electron chi connectivity index (χ0n) is 14.8. The molecule has 0 bridgehead atoms. The Kier molecular flexibility index (Phi) is 5.40. The van der Waals surface area contributed by atoms with Crippen LogP contribution in [0.1, 0.15) is 26.3 Å². The number of benzene rings is 3. The number of nitro groups is 2. The molecule has 3 rings (SSSR count). The van der Waals surface area contributed by atoms with Gasteiger partial charge in [-0.1, -0.05) is 30.3 Å². The van der Waals surface area contributed by atoms with Crippen molar-refractivity contribution in [1.82, 2.24) is 0 Å². The molecule has 144 valence electrons. The highest BCUT2D eigenvalue weighted by Crippen LogP contribution is 2.23. The second-order valence-electron chi connectivity index (χ2n) is 5.98. The van der Waals surface area contributed by atoms with E-state index in [0.717, 1.165) is 18.2 Å². The lowest BCUT2D eigenvalue weighted by Crippen LogP contribution is -2.13. The topological polar surface area (TPSA) is 132 Å². The van der Waals surface area contributed by atoms with Crippen LogP contribution in [0.3, 0.4) is 0 Å². The molecule has 0 aromatic heterocycles. The highest BCUT2D eigenvalue weighted by molar-refractivity contribution is 6.09. The normalized spacial score (nSPS) is 10.2. The molecule has 3 aromatic rings. The van der Waals surface area contributed by atoms with Gasteiger partial charge in [0.05, 0.1) is 21.5 Å². The first-order chi connectivity index (χ1) is 13.8. The van der Waals surface area contributed by atoms with Crippen LogP contribution in [0.5, 0.6) is 0 Å². The maximum absolute atomic E-state index is 12.4. The van der Waals surface area contributed by atoms with Gasteiger partial charge in [0.15, 0.2) is 5.78 Å². The van der Waals surface area contributed by atoms with E-state index in [-0.39, 0.29) is 11.3 Å². The van der Waals surface area contributed by atoms with E-state index in [1.165, 1.54) is 24.3 Å². The Hall–Kier alpha value is -4.40. The quantitative estimate of drug-likeness (QED) is 0.384. The van der Waals surface area contributed by atoms with Crippen LogP contribution in [0.2, 0.25) is 0 Å². The largest absolute Gasteiger partial charge is 0.322 e. The van der Waals surface area contributed by atoms with Gasteiger partial charge in [-0.05, 0) is 24.3 Å². The summed E-state index contributed by atoms with van der Waals surface area (Å²) in [6, 6.07) is 17.4. The van der Waals surface area contributed by atoms with E-state index < -0.39 is 27.1 Å².